The monoisotopic (exact) mass is 757 g/mol. The highest BCUT2D eigenvalue weighted by Gasteiger charge is 2.45. The predicted octanol–water partition coefficient (Wildman–Crippen LogP) is 7.63. The van der Waals surface area contributed by atoms with Crippen molar-refractivity contribution in [1.29, 1.82) is 0 Å². The lowest BCUT2D eigenvalue weighted by atomic mass is 9.96. The number of hydrogen-bond donors (Lipinski definition) is 2. The Kier molecular flexibility index (Phi) is 16.1. The van der Waals surface area contributed by atoms with Gasteiger partial charge in [0.2, 0.25) is 0 Å². The molecule has 2 N–H and O–H groups in total. The summed E-state index contributed by atoms with van der Waals surface area (Å²) in [5.41, 5.74) is 1.17. The van der Waals surface area contributed by atoms with Gasteiger partial charge in [-0.1, -0.05) is 48.6 Å². The van der Waals surface area contributed by atoms with Crippen LogP contribution in [0.2, 0.25) is 0 Å². The first-order valence-corrected chi connectivity index (χ1v) is 19.8. The van der Waals surface area contributed by atoms with E-state index in [9.17, 15) is 14.7 Å². The molecule has 3 aromatic rings. The molecule has 55 heavy (non-hydrogen) atoms. The number of esters is 1. The van der Waals surface area contributed by atoms with Gasteiger partial charge < -0.3 is 43.6 Å². The highest BCUT2D eigenvalue weighted by Crippen LogP contribution is 2.36. The summed E-state index contributed by atoms with van der Waals surface area (Å²) in [5, 5.41) is 14.1. The lowest BCUT2D eigenvalue weighted by Crippen LogP contribution is -2.40. The number of ether oxygens (including phenoxy) is 7. The molecular formula is C44H55NO10. The van der Waals surface area contributed by atoms with Crippen molar-refractivity contribution in [3.8, 4) is 11.5 Å². The van der Waals surface area contributed by atoms with Crippen LogP contribution in [0.3, 0.4) is 0 Å². The van der Waals surface area contributed by atoms with Crippen LogP contribution in [-0.4, -0.2) is 80.4 Å². The molecule has 3 unspecified atom stereocenters. The van der Waals surface area contributed by atoms with Gasteiger partial charge in [-0.3, -0.25) is 9.59 Å². The van der Waals surface area contributed by atoms with Gasteiger partial charge in [-0.15, -0.1) is 0 Å². The lowest BCUT2D eigenvalue weighted by Gasteiger charge is -2.32. The van der Waals surface area contributed by atoms with Gasteiger partial charge in [0.05, 0.1) is 24.9 Å². The molecule has 0 bridgehead atoms. The van der Waals surface area contributed by atoms with Gasteiger partial charge in [-0.05, 0) is 106 Å². The molecule has 3 aromatic carbocycles. The van der Waals surface area contributed by atoms with Crippen LogP contribution in [0, 0.1) is 5.92 Å². The average molecular weight is 758 g/mol. The number of aliphatic hydroxyl groups excluding tert-OH is 1. The van der Waals surface area contributed by atoms with Gasteiger partial charge in [-0.2, -0.15) is 0 Å². The molecule has 1 amide bonds. The Bertz CT molecular complexity index is 1590. The summed E-state index contributed by atoms with van der Waals surface area (Å²) in [4.78, 5) is 24.9. The molecule has 296 valence electrons. The van der Waals surface area contributed by atoms with E-state index in [1.807, 2.05) is 60.7 Å². The standard InChI is InChI=1S/C44H55NO10/c46-38-29-39(55-42-22-12-14-28-50-42)43(52-31-36(54-41-21-11-13-27-49-41)30-51-34-17-7-4-8-18-34)37(38)19-9-1-2-10-20-40(47)53-35-25-23-33(24-26-35)45-44(48)32-15-5-3-6-16-32/h1-8,15-18,23-26,36-39,41-43,46H,9-14,19-22,27-31H2,(H,45,48)/b2-1-/t36?,37-,38+,39-,41?,42?,43-/m0/s1. The molecule has 1 saturated carbocycles. The maximum absolute atomic E-state index is 12.5. The third-order valence-corrected chi connectivity index (χ3v) is 10.1. The van der Waals surface area contributed by atoms with Crippen LogP contribution in [-0.2, 0) is 28.5 Å². The SMILES string of the molecule is O=C(CC/C=C\CC[C@@H]1[C@H](OCC(COc2ccccc2)OC2CCCCO2)[C@@H](OC2CCCCO2)C[C@H]1O)Oc1ccc(NC(=O)c2ccccc2)cc1. The van der Waals surface area contributed by atoms with Gasteiger partial charge in [0.1, 0.15) is 24.2 Å². The maximum Gasteiger partial charge on any atom is 0.311 e. The van der Waals surface area contributed by atoms with Crippen LogP contribution in [0.4, 0.5) is 5.69 Å². The number of anilines is 1. The summed E-state index contributed by atoms with van der Waals surface area (Å²) in [6, 6.07) is 25.3. The molecular weight excluding hydrogens is 702 g/mol. The number of para-hydroxylation sites is 1. The minimum Gasteiger partial charge on any atom is -0.491 e. The number of aliphatic hydroxyl groups is 1. The van der Waals surface area contributed by atoms with Crippen molar-refractivity contribution in [1.82, 2.24) is 0 Å². The Hall–Kier alpha value is -4.10. The van der Waals surface area contributed by atoms with E-state index in [0.29, 0.717) is 62.5 Å². The van der Waals surface area contributed by atoms with E-state index in [4.69, 9.17) is 33.2 Å². The average Bonchev–Trinajstić information content (AvgIpc) is 3.51. The van der Waals surface area contributed by atoms with E-state index in [0.717, 1.165) is 44.3 Å². The van der Waals surface area contributed by atoms with Gasteiger partial charge in [0, 0.05) is 43.2 Å². The number of carbonyl (C=O) groups excluding carboxylic acids is 2. The van der Waals surface area contributed by atoms with Crippen LogP contribution in [0.25, 0.3) is 0 Å². The van der Waals surface area contributed by atoms with Crippen molar-refractivity contribution in [2.24, 2.45) is 5.92 Å². The molecule has 2 saturated heterocycles. The van der Waals surface area contributed by atoms with Crippen molar-refractivity contribution in [2.75, 3.05) is 31.7 Å². The second-order valence-corrected chi connectivity index (χ2v) is 14.3. The molecule has 0 spiro atoms. The maximum atomic E-state index is 12.5. The summed E-state index contributed by atoms with van der Waals surface area (Å²) < 4.78 is 42.8. The van der Waals surface area contributed by atoms with E-state index in [1.165, 1.54) is 0 Å². The molecule has 3 fully saturated rings. The largest absolute Gasteiger partial charge is 0.491 e. The number of amides is 1. The Labute approximate surface area is 324 Å². The number of rotatable bonds is 19. The van der Waals surface area contributed by atoms with E-state index in [2.05, 4.69) is 5.32 Å². The summed E-state index contributed by atoms with van der Waals surface area (Å²) in [6.07, 6.45) is 10.1. The molecule has 0 aromatic heterocycles. The van der Waals surface area contributed by atoms with Crippen molar-refractivity contribution < 1.29 is 47.9 Å². The number of carbonyl (C=O) groups is 2. The predicted molar refractivity (Wildman–Crippen MR) is 207 cm³/mol. The summed E-state index contributed by atoms with van der Waals surface area (Å²) in [6.45, 7) is 1.90. The molecule has 6 rings (SSSR count). The first-order valence-electron chi connectivity index (χ1n) is 19.8. The molecule has 2 aliphatic heterocycles. The molecule has 3 aliphatic rings. The van der Waals surface area contributed by atoms with E-state index in [1.54, 1.807) is 36.4 Å². The van der Waals surface area contributed by atoms with Crippen LogP contribution in [0.15, 0.2) is 97.1 Å². The van der Waals surface area contributed by atoms with Crippen molar-refractivity contribution in [2.45, 2.75) is 108 Å². The summed E-state index contributed by atoms with van der Waals surface area (Å²) in [7, 11) is 0. The molecule has 11 heteroatoms. The Morgan fingerprint density at radius 1 is 0.800 bits per heavy atom. The van der Waals surface area contributed by atoms with Crippen LogP contribution < -0.4 is 14.8 Å². The number of nitrogens with one attached hydrogen (secondary N) is 1. The molecule has 11 nitrogen and oxygen atoms in total. The highest BCUT2D eigenvalue weighted by atomic mass is 16.7. The van der Waals surface area contributed by atoms with Gasteiger partial charge in [-0.25, -0.2) is 0 Å². The van der Waals surface area contributed by atoms with E-state index < -0.39 is 6.10 Å². The fraction of sp³-hybridized carbons (Fsp3) is 0.500. The number of allylic oxidation sites excluding steroid dienone is 2. The topological polar surface area (TPSA) is 131 Å². The fourth-order valence-electron chi connectivity index (χ4n) is 7.17. The Balaban J connectivity index is 0.982. The highest BCUT2D eigenvalue weighted by molar-refractivity contribution is 6.04. The quantitative estimate of drug-likeness (QED) is 0.0715. The number of benzene rings is 3. The van der Waals surface area contributed by atoms with Gasteiger partial charge in [0.25, 0.3) is 5.91 Å². The van der Waals surface area contributed by atoms with Crippen LogP contribution >= 0.6 is 0 Å². The Morgan fingerprint density at radius 2 is 1.49 bits per heavy atom. The van der Waals surface area contributed by atoms with Crippen molar-refractivity contribution in [3.63, 3.8) is 0 Å². The number of hydrogen-bond acceptors (Lipinski definition) is 10. The van der Waals surface area contributed by atoms with Gasteiger partial charge >= 0.3 is 5.97 Å². The third-order valence-electron chi connectivity index (χ3n) is 10.1. The fourth-order valence-corrected chi connectivity index (χ4v) is 7.17. The van der Waals surface area contributed by atoms with E-state index >= 15 is 0 Å². The summed E-state index contributed by atoms with van der Waals surface area (Å²) >= 11 is 0. The lowest BCUT2D eigenvalue weighted by molar-refractivity contribution is -0.226. The smallest absolute Gasteiger partial charge is 0.311 e. The van der Waals surface area contributed by atoms with Crippen molar-refractivity contribution in [3.05, 3.63) is 103 Å². The molecule has 2 heterocycles. The third kappa shape index (κ3) is 13.3. The first kappa shape index (κ1) is 40.6. The van der Waals surface area contributed by atoms with Crippen LogP contribution in [0.5, 0.6) is 11.5 Å². The zero-order valence-electron chi connectivity index (χ0n) is 31.5. The summed E-state index contributed by atoms with van der Waals surface area (Å²) in [5.74, 6) is 0.449. The van der Waals surface area contributed by atoms with Crippen LogP contribution in [0.1, 0.15) is 81.0 Å². The minimum absolute atomic E-state index is 0.162. The van der Waals surface area contributed by atoms with Gasteiger partial charge in [0.15, 0.2) is 12.6 Å². The zero-order chi connectivity index (χ0) is 38.1. The minimum atomic E-state index is -0.596. The Morgan fingerprint density at radius 3 is 2.20 bits per heavy atom. The van der Waals surface area contributed by atoms with E-state index in [-0.39, 0.29) is 61.7 Å². The molecule has 1 aliphatic carbocycles. The normalized spacial score (nSPS) is 24.7. The molecule has 0 radical (unpaired) electrons. The second-order valence-electron chi connectivity index (χ2n) is 14.3. The second kappa shape index (κ2) is 21.8. The zero-order valence-corrected chi connectivity index (χ0v) is 31.5. The van der Waals surface area contributed by atoms with Crippen molar-refractivity contribution >= 4 is 17.6 Å². The first-order chi connectivity index (χ1) is 27.0. The molecule has 7 atom stereocenters.